The predicted molar refractivity (Wildman–Crippen MR) is 132 cm³/mol. The van der Waals surface area contributed by atoms with Crippen molar-refractivity contribution in [3.05, 3.63) is 47.5 Å². The Morgan fingerprint density at radius 1 is 1.14 bits per heavy atom. The molecule has 1 aromatic carbocycles. The summed E-state index contributed by atoms with van der Waals surface area (Å²) in [6.07, 6.45) is 3.57. The van der Waals surface area contributed by atoms with Gasteiger partial charge < -0.3 is 24.3 Å². The van der Waals surface area contributed by atoms with E-state index in [-0.39, 0.29) is 13.0 Å². The molecule has 0 bridgehead atoms. The van der Waals surface area contributed by atoms with Crippen LogP contribution in [-0.2, 0) is 35.1 Å². The van der Waals surface area contributed by atoms with Gasteiger partial charge in [-0.05, 0) is 72.3 Å². The Morgan fingerprint density at radius 3 is 2.43 bits per heavy atom. The van der Waals surface area contributed by atoms with E-state index in [1.54, 1.807) is 33.8 Å². The SMILES string of the molecule is CCOC(=O)C(=CCC(NC(=O)OC(C)(C)C)C(=O)OC1(C)CC1)CCCOCc1ccccc1. The largest absolute Gasteiger partial charge is 0.463 e. The Morgan fingerprint density at radius 2 is 1.83 bits per heavy atom. The number of carbonyl (C=O) groups is 3. The average molecular weight is 490 g/mol. The van der Waals surface area contributed by atoms with E-state index < -0.39 is 35.3 Å². The van der Waals surface area contributed by atoms with Crippen molar-refractivity contribution in [2.45, 2.75) is 90.6 Å². The maximum absolute atomic E-state index is 12.8. The van der Waals surface area contributed by atoms with Crippen molar-refractivity contribution in [3.8, 4) is 0 Å². The summed E-state index contributed by atoms with van der Waals surface area (Å²) >= 11 is 0. The van der Waals surface area contributed by atoms with Crippen molar-refractivity contribution in [1.82, 2.24) is 5.32 Å². The third kappa shape index (κ3) is 11.4. The molecule has 0 aliphatic heterocycles. The lowest BCUT2D eigenvalue weighted by atomic mass is 10.1. The molecule has 1 aliphatic carbocycles. The molecule has 0 spiro atoms. The topological polar surface area (TPSA) is 100 Å². The summed E-state index contributed by atoms with van der Waals surface area (Å²) in [6.45, 7) is 10.00. The van der Waals surface area contributed by atoms with Crippen LogP contribution in [0.15, 0.2) is 42.0 Å². The number of hydrogen-bond donors (Lipinski definition) is 1. The van der Waals surface area contributed by atoms with Gasteiger partial charge in [0.2, 0.25) is 0 Å². The summed E-state index contributed by atoms with van der Waals surface area (Å²) in [5.74, 6) is -1.00. The van der Waals surface area contributed by atoms with Crippen molar-refractivity contribution in [1.29, 1.82) is 0 Å². The van der Waals surface area contributed by atoms with Crippen LogP contribution in [0, 0.1) is 0 Å². The highest BCUT2D eigenvalue weighted by molar-refractivity contribution is 5.88. The molecule has 1 unspecified atom stereocenters. The van der Waals surface area contributed by atoms with Crippen LogP contribution in [0.5, 0.6) is 0 Å². The molecule has 0 heterocycles. The smallest absolute Gasteiger partial charge is 0.408 e. The van der Waals surface area contributed by atoms with Gasteiger partial charge >= 0.3 is 18.0 Å². The van der Waals surface area contributed by atoms with Crippen LogP contribution in [0.2, 0.25) is 0 Å². The van der Waals surface area contributed by atoms with E-state index in [4.69, 9.17) is 18.9 Å². The second-order valence-corrected chi connectivity index (χ2v) is 9.90. The molecule has 8 heteroatoms. The van der Waals surface area contributed by atoms with E-state index >= 15 is 0 Å². The van der Waals surface area contributed by atoms with Crippen molar-refractivity contribution < 1.29 is 33.3 Å². The molecule has 194 valence electrons. The predicted octanol–water partition coefficient (Wildman–Crippen LogP) is 4.85. The summed E-state index contributed by atoms with van der Waals surface area (Å²) in [5.41, 5.74) is 0.297. The normalized spacial score (nSPS) is 15.6. The summed E-state index contributed by atoms with van der Waals surface area (Å²) in [5, 5.41) is 2.59. The van der Waals surface area contributed by atoms with Crippen molar-refractivity contribution in [2.24, 2.45) is 0 Å². The molecule has 35 heavy (non-hydrogen) atoms. The first-order chi connectivity index (χ1) is 16.5. The zero-order valence-corrected chi connectivity index (χ0v) is 21.6. The Kier molecular flexibility index (Phi) is 10.8. The molecular weight excluding hydrogens is 450 g/mol. The fraction of sp³-hybridized carbons (Fsp3) is 0.593. The summed E-state index contributed by atoms with van der Waals surface area (Å²) in [6, 6.07) is 8.85. The standard InChI is InChI=1S/C27H39NO7/c1-6-33-23(29)21(13-10-18-32-19-20-11-8-7-9-12-20)14-15-22(24(30)34-27(5)16-17-27)28-25(31)35-26(2,3)4/h7-9,11-12,14,22H,6,10,13,15-19H2,1-5H3,(H,28,31). The maximum Gasteiger partial charge on any atom is 0.408 e. The Hall–Kier alpha value is -2.87. The molecule has 1 N–H and O–H groups in total. The minimum Gasteiger partial charge on any atom is -0.463 e. The van der Waals surface area contributed by atoms with Crippen LogP contribution in [0.4, 0.5) is 4.79 Å². The minimum atomic E-state index is -0.985. The zero-order valence-electron chi connectivity index (χ0n) is 21.6. The fourth-order valence-corrected chi connectivity index (χ4v) is 3.16. The van der Waals surface area contributed by atoms with Crippen molar-refractivity contribution >= 4 is 18.0 Å². The summed E-state index contributed by atoms with van der Waals surface area (Å²) in [7, 11) is 0. The molecular formula is C27H39NO7. The Labute approximate surface area is 208 Å². The number of rotatable bonds is 13. The molecule has 1 aliphatic rings. The van der Waals surface area contributed by atoms with Gasteiger partial charge in [0.05, 0.1) is 13.2 Å². The average Bonchev–Trinajstić information content (AvgIpc) is 3.50. The molecule has 0 aromatic heterocycles. The van der Waals surface area contributed by atoms with Crippen molar-refractivity contribution in [3.63, 3.8) is 0 Å². The number of nitrogens with one attached hydrogen (secondary N) is 1. The molecule has 8 nitrogen and oxygen atoms in total. The van der Waals surface area contributed by atoms with E-state index in [1.807, 2.05) is 37.3 Å². The first kappa shape index (κ1) is 28.4. The van der Waals surface area contributed by atoms with E-state index in [2.05, 4.69) is 5.32 Å². The number of amides is 1. The van der Waals surface area contributed by atoms with Crippen LogP contribution in [-0.4, -0.2) is 48.5 Å². The molecule has 0 radical (unpaired) electrons. The number of benzene rings is 1. The molecule has 1 saturated carbocycles. The van der Waals surface area contributed by atoms with Crippen LogP contribution in [0.3, 0.4) is 0 Å². The second kappa shape index (κ2) is 13.3. The number of ether oxygens (including phenoxy) is 4. The van der Waals surface area contributed by atoms with Crippen LogP contribution in [0.1, 0.15) is 72.3 Å². The van der Waals surface area contributed by atoms with Gasteiger partial charge in [0.1, 0.15) is 17.2 Å². The summed E-state index contributed by atoms with van der Waals surface area (Å²) in [4.78, 5) is 37.6. The molecule has 2 rings (SSSR count). The highest BCUT2D eigenvalue weighted by Gasteiger charge is 2.43. The lowest BCUT2D eigenvalue weighted by Crippen LogP contribution is -2.45. The first-order valence-corrected chi connectivity index (χ1v) is 12.2. The lowest BCUT2D eigenvalue weighted by molar-refractivity contribution is -0.152. The number of hydrogen-bond acceptors (Lipinski definition) is 7. The molecule has 0 saturated heterocycles. The van der Waals surface area contributed by atoms with Gasteiger partial charge in [-0.1, -0.05) is 36.4 Å². The number of esters is 2. The number of alkyl carbamates (subject to hydrolysis) is 1. The van der Waals surface area contributed by atoms with Crippen LogP contribution >= 0.6 is 0 Å². The third-order valence-electron chi connectivity index (χ3n) is 5.26. The van der Waals surface area contributed by atoms with E-state index in [1.165, 1.54) is 0 Å². The van der Waals surface area contributed by atoms with E-state index in [0.717, 1.165) is 18.4 Å². The highest BCUT2D eigenvalue weighted by atomic mass is 16.6. The second-order valence-electron chi connectivity index (χ2n) is 9.90. The Bertz CT molecular complexity index is 869. The van der Waals surface area contributed by atoms with Gasteiger partial charge in [-0.15, -0.1) is 0 Å². The van der Waals surface area contributed by atoms with Crippen molar-refractivity contribution in [2.75, 3.05) is 13.2 Å². The van der Waals surface area contributed by atoms with Gasteiger partial charge in [-0.3, -0.25) is 0 Å². The minimum absolute atomic E-state index is 0.0766. The molecule has 1 atom stereocenters. The molecule has 1 amide bonds. The van der Waals surface area contributed by atoms with Gasteiger partial charge in [-0.25, -0.2) is 14.4 Å². The number of carbonyl (C=O) groups excluding carboxylic acids is 3. The Balaban J connectivity index is 2.00. The monoisotopic (exact) mass is 489 g/mol. The molecule has 1 aromatic rings. The van der Waals surface area contributed by atoms with Crippen LogP contribution < -0.4 is 5.32 Å². The maximum atomic E-state index is 12.8. The van der Waals surface area contributed by atoms with Gasteiger partial charge in [0, 0.05) is 12.2 Å². The zero-order chi connectivity index (χ0) is 25.9. The summed E-state index contributed by atoms with van der Waals surface area (Å²) < 4.78 is 21.8. The van der Waals surface area contributed by atoms with Gasteiger partial charge in [0.25, 0.3) is 0 Å². The highest BCUT2D eigenvalue weighted by Crippen LogP contribution is 2.39. The van der Waals surface area contributed by atoms with Gasteiger partial charge in [0.15, 0.2) is 0 Å². The van der Waals surface area contributed by atoms with E-state index in [0.29, 0.717) is 31.6 Å². The fourth-order valence-electron chi connectivity index (χ4n) is 3.16. The van der Waals surface area contributed by atoms with Gasteiger partial charge in [-0.2, -0.15) is 0 Å². The van der Waals surface area contributed by atoms with Crippen LogP contribution in [0.25, 0.3) is 0 Å². The quantitative estimate of drug-likeness (QED) is 0.183. The first-order valence-electron chi connectivity index (χ1n) is 12.2. The third-order valence-corrected chi connectivity index (χ3v) is 5.26. The molecule has 1 fully saturated rings. The lowest BCUT2D eigenvalue weighted by Gasteiger charge is -2.23. The van der Waals surface area contributed by atoms with E-state index in [9.17, 15) is 14.4 Å².